The Balaban J connectivity index is 2.83. The Bertz CT molecular complexity index is 573. The van der Waals surface area contributed by atoms with Gasteiger partial charge in [0.25, 0.3) is 0 Å². The number of halogens is 1. The maximum absolute atomic E-state index is 14.0. The summed E-state index contributed by atoms with van der Waals surface area (Å²) in [6.07, 6.45) is 0.577. The number of benzene rings is 1. The molecule has 0 amide bonds. The lowest BCUT2D eigenvalue weighted by molar-refractivity contribution is -0.161. The number of hydrogen-bond acceptors (Lipinski definition) is 3. The zero-order chi connectivity index (χ0) is 16.9. The zero-order valence-electron chi connectivity index (χ0n) is 13.8. The predicted octanol–water partition coefficient (Wildman–Crippen LogP) is 3.93. The maximum Gasteiger partial charge on any atom is 0.323 e. The standard InChI is InChI=1S/C17H23FN2O2/c1-7-15(16(21)22-17(2,3)4)20(6)11-12-8-9-13(19-5)10-14(12)18/h8-10,15H,7,11H2,1-4,6H3. The third-order valence-corrected chi connectivity index (χ3v) is 3.18. The van der Waals surface area contributed by atoms with Crippen molar-refractivity contribution in [2.24, 2.45) is 0 Å². The second-order valence-electron chi connectivity index (χ2n) is 6.26. The number of rotatable bonds is 5. The van der Waals surface area contributed by atoms with Crippen LogP contribution in [0.2, 0.25) is 0 Å². The van der Waals surface area contributed by atoms with Crippen molar-refractivity contribution in [1.82, 2.24) is 4.90 Å². The monoisotopic (exact) mass is 306 g/mol. The molecule has 0 radical (unpaired) electrons. The van der Waals surface area contributed by atoms with Crippen molar-refractivity contribution in [3.05, 3.63) is 41.0 Å². The van der Waals surface area contributed by atoms with Crippen LogP contribution in [0.1, 0.15) is 39.7 Å². The summed E-state index contributed by atoms with van der Waals surface area (Å²) in [5, 5.41) is 0. The van der Waals surface area contributed by atoms with E-state index < -0.39 is 17.5 Å². The first-order valence-corrected chi connectivity index (χ1v) is 7.27. The molecule has 0 fully saturated rings. The lowest BCUT2D eigenvalue weighted by Gasteiger charge is -2.29. The number of esters is 1. The Kier molecular flexibility index (Phi) is 6.07. The smallest absolute Gasteiger partial charge is 0.323 e. The molecule has 22 heavy (non-hydrogen) atoms. The first-order chi connectivity index (χ1) is 10.2. The molecule has 0 spiro atoms. The van der Waals surface area contributed by atoms with Crippen molar-refractivity contribution < 1.29 is 13.9 Å². The molecular formula is C17H23FN2O2. The van der Waals surface area contributed by atoms with Crippen LogP contribution >= 0.6 is 0 Å². The fourth-order valence-electron chi connectivity index (χ4n) is 2.14. The van der Waals surface area contributed by atoms with Gasteiger partial charge in [-0.25, -0.2) is 9.24 Å². The highest BCUT2D eigenvalue weighted by molar-refractivity contribution is 5.76. The molecule has 0 aliphatic rings. The molecule has 0 heterocycles. The highest BCUT2D eigenvalue weighted by Crippen LogP contribution is 2.20. The average Bonchev–Trinajstić information content (AvgIpc) is 2.39. The van der Waals surface area contributed by atoms with Gasteiger partial charge in [-0.05, 0) is 45.9 Å². The lowest BCUT2D eigenvalue weighted by Crippen LogP contribution is -2.41. The van der Waals surface area contributed by atoms with Crippen LogP contribution in [0.3, 0.4) is 0 Å². The molecule has 1 aromatic carbocycles. The van der Waals surface area contributed by atoms with Gasteiger partial charge < -0.3 is 4.74 Å². The number of likely N-dealkylation sites (N-methyl/N-ethyl adjacent to an activating group) is 1. The van der Waals surface area contributed by atoms with E-state index in [9.17, 15) is 9.18 Å². The van der Waals surface area contributed by atoms with Crippen LogP contribution in [0.15, 0.2) is 18.2 Å². The Morgan fingerprint density at radius 2 is 2.09 bits per heavy atom. The van der Waals surface area contributed by atoms with Gasteiger partial charge in [-0.3, -0.25) is 9.69 Å². The molecule has 0 aliphatic heterocycles. The summed E-state index contributed by atoms with van der Waals surface area (Å²) >= 11 is 0. The molecule has 5 heteroatoms. The Labute approximate surface area is 131 Å². The quantitative estimate of drug-likeness (QED) is 0.610. The Morgan fingerprint density at radius 1 is 1.45 bits per heavy atom. The van der Waals surface area contributed by atoms with Gasteiger partial charge in [0, 0.05) is 6.54 Å². The minimum Gasteiger partial charge on any atom is -0.459 e. The summed E-state index contributed by atoms with van der Waals surface area (Å²) in [4.78, 5) is 17.2. The third kappa shape index (κ3) is 5.12. The van der Waals surface area contributed by atoms with E-state index in [-0.39, 0.29) is 18.2 Å². The predicted molar refractivity (Wildman–Crippen MR) is 84.1 cm³/mol. The van der Waals surface area contributed by atoms with E-state index in [1.807, 2.05) is 27.7 Å². The molecule has 0 bridgehead atoms. The highest BCUT2D eigenvalue weighted by atomic mass is 19.1. The summed E-state index contributed by atoms with van der Waals surface area (Å²) < 4.78 is 19.4. The highest BCUT2D eigenvalue weighted by Gasteiger charge is 2.27. The van der Waals surface area contributed by atoms with Gasteiger partial charge in [0.15, 0.2) is 5.69 Å². The van der Waals surface area contributed by atoms with Crippen LogP contribution in [0.4, 0.5) is 10.1 Å². The van der Waals surface area contributed by atoms with E-state index >= 15 is 0 Å². The van der Waals surface area contributed by atoms with Crippen LogP contribution in [-0.4, -0.2) is 29.6 Å². The number of ether oxygens (including phenoxy) is 1. The minimum atomic E-state index is -0.548. The first-order valence-electron chi connectivity index (χ1n) is 7.27. The number of carbonyl (C=O) groups excluding carboxylic acids is 1. The summed E-state index contributed by atoms with van der Waals surface area (Å²) in [6, 6.07) is 3.94. The summed E-state index contributed by atoms with van der Waals surface area (Å²) in [6.45, 7) is 14.5. The van der Waals surface area contributed by atoms with Gasteiger partial charge in [-0.2, -0.15) is 0 Å². The SMILES string of the molecule is [C-]#[N+]c1ccc(CN(C)C(CC)C(=O)OC(C)(C)C)c(F)c1. The molecule has 120 valence electrons. The molecule has 1 aromatic rings. The molecule has 4 nitrogen and oxygen atoms in total. The summed E-state index contributed by atoms with van der Waals surface area (Å²) in [5.41, 5.74) is 0.174. The van der Waals surface area contributed by atoms with Gasteiger partial charge in [0.1, 0.15) is 17.5 Å². The second-order valence-corrected chi connectivity index (χ2v) is 6.26. The van der Waals surface area contributed by atoms with Crippen molar-refractivity contribution in [2.75, 3.05) is 7.05 Å². The van der Waals surface area contributed by atoms with E-state index in [1.54, 1.807) is 24.1 Å². The normalized spacial score (nSPS) is 12.8. The van der Waals surface area contributed by atoms with Crippen molar-refractivity contribution in [3.8, 4) is 0 Å². The minimum absolute atomic E-state index is 0.267. The Morgan fingerprint density at radius 3 is 2.55 bits per heavy atom. The van der Waals surface area contributed by atoms with Crippen LogP contribution in [0, 0.1) is 12.4 Å². The molecule has 0 saturated carbocycles. The molecule has 1 atom stereocenters. The van der Waals surface area contributed by atoms with Crippen LogP contribution < -0.4 is 0 Å². The fraction of sp³-hybridized carbons (Fsp3) is 0.529. The molecule has 1 rings (SSSR count). The van der Waals surface area contributed by atoms with E-state index in [2.05, 4.69) is 4.85 Å². The number of nitrogens with zero attached hydrogens (tertiary/aromatic N) is 2. The second kappa shape index (κ2) is 7.37. The van der Waals surface area contributed by atoms with E-state index in [1.165, 1.54) is 6.07 Å². The topological polar surface area (TPSA) is 33.9 Å². The van der Waals surface area contributed by atoms with Crippen molar-refractivity contribution >= 4 is 11.7 Å². The van der Waals surface area contributed by atoms with Gasteiger partial charge in [0.05, 0.1) is 6.57 Å². The lowest BCUT2D eigenvalue weighted by atomic mass is 10.1. The van der Waals surface area contributed by atoms with Crippen molar-refractivity contribution in [1.29, 1.82) is 0 Å². The largest absolute Gasteiger partial charge is 0.459 e. The van der Waals surface area contributed by atoms with E-state index in [0.29, 0.717) is 12.0 Å². The van der Waals surface area contributed by atoms with Crippen LogP contribution in [0.5, 0.6) is 0 Å². The van der Waals surface area contributed by atoms with Crippen LogP contribution in [-0.2, 0) is 16.1 Å². The maximum atomic E-state index is 14.0. The molecule has 0 saturated heterocycles. The van der Waals surface area contributed by atoms with Gasteiger partial charge in [-0.1, -0.05) is 19.1 Å². The number of hydrogen-bond donors (Lipinski definition) is 0. The van der Waals surface area contributed by atoms with E-state index in [0.717, 1.165) is 0 Å². The third-order valence-electron chi connectivity index (χ3n) is 3.18. The summed E-state index contributed by atoms with van der Waals surface area (Å²) in [7, 11) is 1.76. The molecule has 0 N–H and O–H groups in total. The van der Waals surface area contributed by atoms with E-state index in [4.69, 9.17) is 11.3 Å². The van der Waals surface area contributed by atoms with Crippen molar-refractivity contribution in [2.45, 2.75) is 52.3 Å². The fourth-order valence-corrected chi connectivity index (χ4v) is 2.14. The van der Waals surface area contributed by atoms with Gasteiger partial charge >= 0.3 is 5.97 Å². The zero-order valence-corrected chi connectivity index (χ0v) is 13.8. The van der Waals surface area contributed by atoms with Crippen molar-refractivity contribution in [3.63, 3.8) is 0 Å². The van der Waals surface area contributed by atoms with Gasteiger partial charge in [-0.15, -0.1) is 0 Å². The Hall–Kier alpha value is -1.93. The van der Waals surface area contributed by atoms with Crippen LogP contribution in [0.25, 0.3) is 4.85 Å². The molecular weight excluding hydrogens is 283 g/mol. The molecule has 1 unspecified atom stereocenters. The molecule has 0 aromatic heterocycles. The first kappa shape index (κ1) is 18.1. The summed E-state index contributed by atoms with van der Waals surface area (Å²) in [5.74, 6) is -0.741. The van der Waals surface area contributed by atoms with Gasteiger partial charge in [0.2, 0.25) is 0 Å². The average molecular weight is 306 g/mol. The number of carbonyl (C=O) groups is 1. The molecule has 0 aliphatic carbocycles.